The van der Waals surface area contributed by atoms with Crippen molar-refractivity contribution >= 4 is 11.9 Å². The van der Waals surface area contributed by atoms with Crippen LogP contribution in [0.2, 0.25) is 0 Å². The van der Waals surface area contributed by atoms with Gasteiger partial charge < -0.3 is 15.2 Å². The van der Waals surface area contributed by atoms with Gasteiger partial charge in [-0.2, -0.15) is 5.48 Å². The molecule has 1 aliphatic heterocycles. The molecule has 0 aliphatic carbocycles. The Morgan fingerprint density at radius 2 is 1.93 bits per heavy atom. The highest BCUT2D eigenvalue weighted by molar-refractivity contribution is 5.82. The van der Waals surface area contributed by atoms with Gasteiger partial charge in [0, 0.05) is 19.5 Å². The highest BCUT2D eigenvalue weighted by Gasteiger charge is 2.26. The molecule has 0 radical (unpaired) electrons. The van der Waals surface area contributed by atoms with Gasteiger partial charge in [0.05, 0.1) is 0 Å². The summed E-state index contributed by atoms with van der Waals surface area (Å²) >= 11 is 0. The number of carboxylic acids is 1. The summed E-state index contributed by atoms with van der Waals surface area (Å²) in [6, 6.07) is -0.792. The third-order valence-electron chi connectivity index (χ3n) is 2.52. The summed E-state index contributed by atoms with van der Waals surface area (Å²) in [6.45, 7) is 1.40. The summed E-state index contributed by atoms with van der Waals surface area (Å²) in [5.41, 5.74) is 1.88. The maximum Gasteiger partial charge on any atom is 0.303 e. The number of carbonyl (C=O) groups excluding carboxylic acids is 1. The number of amides is 1. The number of nitrogens with zero attached hydrogens (tertiary/aromatic N) is 1. The van der Waals surface area contributed by atoms with E-state index in [-0.39, 0.29) is 18.7 Å². The number of carboxylic acid groups (broad SMARTS) is 1. The van der Waals surface area contributed by atoms with Gasteiger partial charge in [0.1, 0.15) is 6.04 Å². The zero-order valence-corrected chi connectivity index (χ0v) is 8.48. The molecule has 0 aromatic carbocycles. The van der Waals surface area contributed by atoms with E-state index in [1.807, 2.05) is 5.48 Å². The van der Waals surface area contributed by atoms with E-state index in [9.17, 15) is 9.59 Å². The third kappa shape index (κ3) is 3.49. The molecule has 1 amide bonds. The van der Waals surface area contributed by atoms with Crippen LogP contribution in [0.1, 0.15) is 25.7 Å². The summed E-state index contributed by atoms with van der Waals surface area (Å²) in [7, 11) is 0. The first-order valence-electron chi connectivity index (χ1n) is 5.05. The van der Waals surface area contributed by atoms with Gasteiger partial charge in [-0.25, -0.2) is 0 Å². The molecule has 0 aromatic heterocycles. The Labute approximate surface area is 87.8 Å². The highest BCUT2D eigenvalue weighted by atomic mass is 16.5. The van der Waals surface area contributed by atoms with Crippen LogP contribution in [0.3, 0.4) is 0 Å². The van der Waals surface area contributed by atoms with Crippen molar-refractivity contribution in [2.24, 2.45) is 0 Å². The quantitative estimate of drug-likeness (QED) is 0.555. The molecule has 0 bridgehead atoms. The maximum atomic E-state index is 11.7. The van der Waals surface area contributed by atoms with Gasteiger partial charge in [-0.15, -0.1) is 0 Å². The van der Waals surface area contributed by atoms with Gasteiger partial charge in [0.2, 0.25) is 5.91 Å². The number of rotatable bonds is 5. The van der Waals surface area contributed by atoms with Crippen molar-refractivity contribution in [1.29, 1.82) is 0 Å². The van der Waals surface area contributed by atoms with Gasteiger partial charge in [-0.1, -0.05) is 0 Å². The molecule has 0 saturated carbocycles. The largest absolute Gasteiger partial charge is 0.481 e. The van der Waals surface area contributed by atoms with Crippen LogP contribution in [-0.2, 0) is 9.59 Å². The van der Waals surface area contributed by atoms with Crippen LogP contribution in [0.15, 0.2) is 0 Å². The molecule has 1 unspecified atom stereocenters. The minimum Gasteiger partial charge on any atom is -0.481 e. The minimum atomic E-state index is -0.968. The lowest BCUT2D eigenvalue weighted by Gasteiger charge is -2.21. The van der Waals surface area contributed by atoms with Crippen LogP contribution in [0.5, 0.6) is 0 Å². The van der Waals surface area contributed by atoms with Crippen molar-refractivity contribution in [3.8, 4) is 0 Å². The van der Waals surface area contributed by atoms with Crippen molar-refractivity contribution in [1.82, 2.24) is 10.4 Å². The van der Waals surface area contributed by atoms with Gasteiger partial charge >= 0.3 is 5.97 Å². The normalized spacial score (nSPS) is 17.8. The Morgan fingerprint density at radius 3 is 2.40 bits per heavy atom. The lowest BCUT2D eigenvalue weighted by molar-refractivity contribution is -0.138. The van der Waals surface area contributed by atoms with E-state index in [4.69, 9.17) is 10.3 Å². The van der Waals surface area contributed by atoms with E-state index >= 15 is 0 Å². The topological polar surface area (TPSA) is 89.9 Å². The molecular weight excluding hydrogens is 200 g/mol. The highest BCUT2D eigenvalue weighted by Crippen LogP contribution is 2.11. The monoisotopic (exact) mass is 216 g/mol. The fraction of sp³-hybridized carbons (Fsp3) is 0.778. The Balaban J connectivity index is 2.42. The predicted molar refractivity (Wildman–Crippen MR) is 51.4 cm³/mol. The van der Waals surface area contributed by atoms with Crippen LogP contribution in [0.4, 0.5) is 0 Å². The molecule has 1 fully saturated rings. The van der Waals surface area contributed by atoms with Gasteiger partial charge in [-0.3, -0.25) is 9.59 Å². The first-order chi connectivity index (χ1) is 7.15. The number of nitrogens with one attached hydrogen (secondary N) is 1. The first-order valence-corrected chi connectivity index (χ1v) is 5.05. The molecule has 1 saturated heterocycles. The average molecular weight is 216 g/mol. The molecule has 0 spiro atoms. The number of carbonyl (C=O) groups is 2. The third-order valence-corrected chi connectivity index (χ3v) is 2.52. The molecule has 15 heavy (non-hydrogen) atoms. The summed E-state index contributed by atoms with van der Waals surface area (Å²) in [5.74, 6) is -1.18. The van der Waals surface area contributed by atoms with Crippen LogP contribution < -0.4 is 5.48 Å². The second-order valence-electron chi connectivity index (χ2n) is 3.65. The first kappa shape index (κ1) is 11.9. The molecule has 1 heterocycles. The molecular formula is C9H16N2O4. The van der Waals surface area contributed by atoms with Gasteiger partial charge in [0.25, 0.3) is 0 Å². The van der Waals surface area contributed by atoms with Crippen molar-refractivity contribution in [3.63, 3.8) is 0 Å². The minimum absolute atomic E-state index is 0.112. The average Bonchev–Trinajstić information content (AvgIpc) is 2.70. The number of aliphatic carboxylic acids is 1. The molecule has 1 aliphatic rings. The maximum absolute atomic E-state index is 11.7. The number of hydroxylamine groups is 1. The van der Waals surface area contributed by atoms with Crippen LogP contribution in [0.25, 0.3) is 0 Å². The van der Waals surface area contributed by atoms with E-state index in [1.54, 1.807) is 4.90 Å². The van der Waals surface area contributed by atoms with E-state index in [0.717, 1.165) is 12.8 Å². The summed E-state index contributed by atoms with van der Waals surface area (Å²) in [5, 5.41) is 17.2. The molecule has 86 valence electrons. The fourth-order valence-corrected chi connectivity index (χ4v) is 1.67. The molecule has 6 heteroatoms. The Bertz CT molecular complexity index is 238. The molecule has 1 rings (SSSR count). The smallest absolute Gasteiger partial charge is 0.303 e. The van der Waals surface area contributed by atoms with E-state index < -0.39 is 12.0 Å². The van der Waals surface area contributed by atoms with E-state index in [1.165, 1.54) is 0 Å². The Kier molecular flexibility index (Phi) is 4.51. The molecule has 3 N–H and O–H groups in total. The second-order valence-corrected chi connectivity index (χ2v) is 3.65. The van der Waals surface area contributed by atoms with Crippen LogP contribution in [0, 0.1) is 0 Å². The fourth-order valence-electron chi connectivity index (χ4n) is 1.67. The molecule has 1 atom stereocenters. The standard InChI is InChI=1S/C9H16N2O4/c12-8(13)4-3-7(10-15)9(14)11-5-1-2-6-11/h7,10,15H,1-6H2,(H,12,13). The van der Waals surface area contributed by atoms with Crippen LogP contribution in [-0.4, -0.2) is 46.2 Å². The van der Waals surface area contributed by atoms with Crippen molar-refractivity contribution in [3.05, 3.63) is 0 Å². The molecule has 0 aromatic rings. The zero-order chi connectivity index (χ0) is 11.3. The van der Waals surface area contributed by atoms with E-state index in [0.29, 0.717) is 13.1 Å². The van der Waals surface area contributed by atoms with E-state index in [2.05, 4.69) is 0 Å². The lowest BCUT2D eigenvalue weighted by Crippen LogP contribution is -2.44. The zero-order valence-electron chi connectivity index (χ0n) is 8.48. The van der Waals surface area contributed by atoms with Crippen molar-refractivity contribution in [2.75, 3.05) is 13.1 Å². The Morgan fingerprint density at radius 1 is 1.33 bits per heavy atom. The van der Waals surface area contributed by atoms with Gasteiger partial charge in [0.15, 0.2) is 0 Å². The lowest BCUT2D eigenvalue weighted by atomic mass is 10.1. The summed E-state index contributed by atoms with van der Waals surface area (Å²) in [4.78, 5) is 23.7. The SMILES string of the molecule is O=C(O)CCC(NO)C(=O)N1CCCC1. The van der Waals surface area contributed by atoms with Crippen LogP contribution >= 0.6 is 0 Å². The summed E-state index contributed by atoms with van der Waals surface area (Å²) < 4.78 is 0. The summed E-state index contributed by atoms with van der Waals surface area (Å²) in [6.07, 6.45) is 1.94. The number of hydrogen-bond acceptors (Lipinski definition) is 4. The number of likely N-dealkylation sites (tertiary alicyclic amines) is 1. The van der Waals surface area contributed by atoms with Crippen molar-refractivity contribution in [2.45, 2.75) is 31.7 Å². The van der Waals surface area contributed by atoms with Crippen molar-refractivity contribution < 1.29 is 19.9 Å². The molecule has 6 nitrogen and oxygen atoms in total. The Hall–Kier alpha value is -1.14. The predicted octanol–water partition coefficient (Wildman–Crippen LogP) is -0.179. The van der Waals surface area contributed by atoms with Gasteiger partial charge in [-0.05, 0) is 19.3 Å². The second kappa shape index (κ2) is 5.67. The number of hydrogen-bond donors (Lipinski definition) is 3.